The number of benzene rings is 3. The SMILES string of the molecule is CCOC(=O)[C@H](Cc1ccc(OCCN[C@H]2C3CN(C(=O)c4ccc(F)cc4F)C[C@@H]32)cc1)Oc1ccc(C(C)(C)C)cc1. The zero-order chi connectivity index (χ0) is 31.4. The maximum absolute atomic E-state index is 14.0. The topological polar surface area (TPSA) is 77.1 Å². The Balaban J connectivity index is 1.05. The van der Waals surface area contributed by atoms with Gasteiger partial charge < -0.3 is 24.4 Å². The highest BCUT2D eigenvalue weighted by atomic mass is 19.1. The smallest absolute Gasteiger partial charge is 0.347 e. The number of rotatable bonds is 12. The quantitative estimate of drug-likeness (QED) is 0.215. The molecule has 5 rings (SSSR count). The summed E-state index contributed by atoms with van der Waals surface area (Å²) in [5, 5.41) is 3.49. The molecule has 9 heteroatoms. The molecule has 1 amide bonds. The summed E-state index contributed by atoms with van der Waals surface area (Å²) in [7, 11) is 0. The van der Waals surface area contributed by atoms with Crippen molar-refractivity contribution in [2.24, 2.45) is 11.8 Å². The maximum atomic E-state index is 14.0. The molecule has 1 saturated carbocycles. The molecular weight excluding hydrogens is 566 g/mol. The number of hydrogen-bond donors (Lipinski definition) is 1. The summed E-state index contributed by atoms with van der Waals surface area (Å²) in [5.41, 5.74) is 2.04. The van der Waals surface area contributed by atoms with Gasteiger partial charge in [-0.15, -0.1) is 0 Å². The monoisotopic (exact) mass is 606 g/mol. The molecule has 7 nitrogen and oxygen atoms in total. The van der Waals surface area contributed by atoms with Crippen molar-refractivity contribution in [2.45, 2.75) is 51.7 Å². The Morgan fingerprint density at radius 1 is 0.955 bits per heavy atom. The van der Waals surface area contributed by atoms with Crippen molar-refractivity contribution in [2.75, 3.05) is 32.8 Å². The predicted octanol–water partition coefficient (Wildman–Crippen LogP) is 5.55. The van der Waals surface area contributed by atoms with E-state index in [0.29, 0.717) is 56.3 Å². The van der Waals surface area contributed by atoms with Crippen LogP contribution in [0.1, 0.15) is 49.2 Å². The molecule has 1 unspecified atom stereocenters. The van der Waals surface area contributed by atoms with E-state index in [1.54, 1.807) is 11.8 Å². The molecule has 1 aliphatic carbocycles. The highest BCUT2D eigenvalue weighted by molar-refractivity contribution is 5.94. The lowest BCUT2D eigenvalue weighted by molar-refractivity contribution is -0.151. The fraction of sp³-hybridized carbons (Fsp3) is 0.429. The molecule has 234 valence electrons. The van der Waals surface area contributed by atoms with E-state index >= 15 is 0 Å². The van der Waals surface area contributed by atoms with Crippen LogP contribution >= 0.6 is 0 Å². The highest BCUT2D eigenvalue weighted by Crippen LogP contribution is 2.45. The van der Waals surface area contributed by atoms with Gasteiger partial charge in [0.1, 0.15) is 29.7 Å². The Morgan fingerprint density at radius 2 is 1.61 bits per heavy atom. The lowest BCUT2D eigenvalue weighted by Crippen LogP contribution is -2.36. The summed E-state index contributed by atoms with van der Waals surface area (Å²) in [5.74, 6) is -0.337. The van der Waals surface area contributed by atoms with E-state index in [1.807, 2.05) is 48.5 Å². The van der Waals surface area contributed by atoms with Crippen LogP contribution in [-0.4, -0.2) is 61.8 Å². The third-order valence-electron chi connectivity index (χ3n) is 8.29. The maximum Gasteiger partial charge on any atom is 0.347 e. The molecule has 2 fully saturated rings. The number of carbonyl (C=O) groups excluding carboxylic acids is 2. The van der Waals surface area contributed by atoms with Crippen molar-refractivity contribution in [1.82, 2.24) is 10.2 Å². The number of halogens is 2. The van der Waals surface area contributed by atoms with E-state index in [-0.39, 0.29) is 17.6 Å². The lowest BCUT2D eigenvalue weighted by atomic mass is 9.87. The van der Waals surface area contributed by atoms with Gasteiger partial charge in [0.05, 0.1) is 12.2 Å². The fourth-order valence-electron chi connectivity index (χ4n) is 5.76. The van der Waals surface area contributed by atoms with Gasteiger partial charge >= 0.3 is 5.97 Å². The van der Waals surface area contributed by atoms with E-state index in [2.05, 4.69) is 26.1 Å². The second kappa shape index (κ2) is 13.3. The number of nitrogens with zero attached hydrogens (tertiary/aromatic N) is 1. The minimum atomic E-state index is -0.829. The van der Waals surface area contributed by atoms with E-state index in [4.69, 9.17) is 14.2 Å². The van der Waals surface area contributed by atoms with Gasteiger partial charge in [0, 0.05) is 38.2 Å². The van der Waals surface area contributed by atoms with Crippen molar-refractivity contribution in [3.8, 4) is 11.5 Å². The normalized spacial score (nSPS) is 19.7. The number of piperidine rings is 1. The van der Waals surface area contributed by atoms with Crippen LogP contribution in [0, 0.1) is 23.5 Å². The zero-order valence-electron chi connectivity index (χ0n) is 25.6. The second-order valence-corrected chi connectivity index (χ2v) is 12.5. The first-order chi connectivity index (χ1) is 21.0. The summed E-state index contributed by atoms with van der Waals surface area (Å²) < 4.78 is 44.4. The van der Waals surface area contributed by atoms with Gasteiger partial charge in [-0.25, -0.2) is 13.6 Å². The number of esters is 1. The molecule has 1 saturated heterocycles. The first kappa shape index (κ1) is 31.4. The summed E-state index contributed by atoms with van der Waals surface area (Å²) in [4.78, 5) is 26.9. The summed E-state index contributed by atoms with van der Waals surface area (Å²) in [6, 6.07) is 18.7. The van der Waals surface area contributed by atoms with Crippen LogP contribution in [0.5, 0.6) is 11.5 Å². The van der Waals surface area contributed by atoms with Gasteiger partial charge in [-0.1, -0.05) is 45.0 Å². The van der Waals surface area contributed by atoms with Crippen LogP contribution in [0.3, 0.4) is 0 Å². The standard InChI is InChI=1S/C35H40F2N2O5/c1-5-42-34(41)31(44-26-13-8-23(9-14-26)35(2,3)4)18-22-6-11-25(12-7-22)43-17-16-38-32-28-20-39(21-29(28)32)33(40)27-15-10-24(36)19-30(27)37/h6-15,19,28-29,31-32,38H,5,16-18,20-21H2,1-4H3/t28-,29?,31-,32+/m0/s1. The van der Waals surface area contributed by atoms with Gasteiger partial charge in [-0.3, -0.25) is 4.79 Å². The molecule has 0 aromatic heterocycles. The number of ether oxygens (including phenoxy) is 3. The summed E-state index contributed by atoms with van der Waals surface area (Å²) >= 11 is 0. The van der Waals surface area contributed by atoms with Crippen molar-refractivity contribution in [3.05, 3.63) is 95.1 Å². The number of fused-ring (bicyclic) bond motifs is 1. The molecule has 0 radical (unpaired) electrons. The Labute approximate surface area is 257 Å². The molecule has 4 atom stereocenters. The highest BCUT2D eigenvalue weighted by Gasteiger charge is 2.56. The van der Waals surface area contributed by atoms with Gasteiger partial charge in [0.2, 0.25) is 0 Å². The predicted molar refractivity (Wildman–Crippen MR) is 163 cm³/mol. The molecule has 0 bridgehead atoms. The molecule has 1 aliphatic heterocycles. The van der Waals surface area contributed by atoms with Crippen LogP contribution in [0.2, 0.25) is 0 Å². The minimum absolute atomic E-state index is 0.0232. The second-order valence-electron chi connectivity index (χ2n) is 12.5. The first-order valence-corrected chi connectivity index (χ1v) is 15.2. The van der Waals surface area contributed by atoms with Crippen molar-refractivity contribution in [3.63, 3.8) is 0 Å². The van der Waals surface area contributed by atoms with Gasteiger partial charge in [-0.05, 0) is 71.7 Å². The van der Waals surface area contributed by atoms with Crippen LogP contribution in [0.15, 0.2) is 66.7 Å². The van der Waals surface area contributed by atoms with Crippen LogP contribution in [-0.2, 0) is 21.4 Å². The molecular formula is C35H40F2N2O5. The third kappa shape index (κ3) is 7.56. The van der Waals surface area contributed by atoms with E-state index in [1.165, 1.54) is 11.6 Å². The Kier molecular flexibility index (Phi) is 9.53. The molecule has 0 spiro atoms. The average molecular weight is 607 g/mol. The molecule has 1 heterocycles. The van der Waals surface area contributed by atoms with E-state index < -0.39 is 29.6 Å². The van der Waals surface area contributed by atoms with Gasteiger partial charge in [0.15, 0.2) is 6.10 Å². The van der Waals surface area contributed by atoms with Crippen LogP contribution in [0.25, 0.3) is 0 Å². The fourth-order valence-corrected chi connectivity index (χ4v) is 5.76. The van der Waals surface area contributed by atoms with Gasteiger partial charge in [0.25, 0.3) is 5.91 Å². The van der Waals surface area contributed by atoms with Crippen LogP contribution < -0.4 is 14.8 Å². The molecule has 2 aliphatic rings. The molecule has 3 aromatic carbocycles. The zero-order valence-corrected chi connectivity index (χ0v) is 25.6. The number of nitrogens with one attached hydrogen (secondary N) is 1. The number of carbonyl (C=O) groups is 2. The molecule has 3 aromatic rings. The summed E-state index contributed by atoms with van der Waals surface area (Å²) in [6.07, 6.45) is -0.412. The molecule has 44 heavy (non-hydrogen) atoms. The van der Waals surface area contributed by atoms with Gasteiger partial charge in [-0.2, -0.15) is 0 Å². The van der Waals surface area contributed by atoms with E-state index in [0.717, 1.165) is 23.4 Å². The van der Waals surface area contributed by atoms with E-state index in [9.17, 15) is 18.4 Å². The third-order valence-corrected chi connectivity index (χ3v) is 8.29. The number of likely N-dealkylation sites (tertiary alicyclic amines) is 1. The Morgan fingerprint density at radius 3 is 2.23 bits per heavy atom. The van der Waals surface area contributed by atoms with Crippen molar-refractivity contribution >= 4 is 11.9 Å². The largest absolute Gasteiger partial charge is 0.492 e. The average Bonchev–Trinajstić information content (AvgIpc) is 3.42. The first-order valence-electron chi connectivity index (χ1n) is 15.2. The van der Waals surface area contributed by atoms with Crippen LogP contribution in [0.4, 0.5) is 8.78 Å². The van der Waals surface area contributed by atoms with Crippen molar-refractivity contribution in [1.29, 1.82) is 0 Å². The summed E-state index contributed by atoms with van der Waals surface area (Å²) in [6.45, 7) is 10.7. The molecule has 1 N–H and O–H groups in total. The minimum Gasteiger partial charge on any atom is -0.492 e. The Bertz CT molecular complexity index is 1440. The van der Waals surface area contributed by atoms with Crippen molar-refractivity contribution < 1.29 is 32.6 Å². The number of amides is 1. The lowest BCUT2D eigenvalue weighted by Gasteiger charge is -2.21. The number of hydrogen-bond acceptors (Lipinski definition) is 6. The Hall–Kier alpha value is -3.98.